The van der Waals surface area contributed by atoms with Crippen LogP contribution in [0.15, 0.2) is 30.5 Å². The zero-order valence-corrected chi connectivity index (χ0v) is 15.8. The van der Waals surface area contributed by atoms with Crippen molar-refractivity contribution in [1.82, 2.24) is 4.98 Å². The van der Waals surface area contributed by atoms with Crippen LogP contribution >= 0.6 is 0 Å². The van der Waals surface area contributed by atoms with Crippen LogP contribution in [0.5, 0.6) is 11.6 Å². The molecular formula is C13H11BNO3Rb. The van der Waals surface area contributed by atoms with Crippen molar-refractivity contribution in [2.75, 3.05) is 0 Å². The van der Waals surface area contributed by atoms with Crippen LogP contribution in [0.2, 0.25) is 0 Å². The summed E-state index contributed by atoms with van der Waals surface area (Å²) in [5.74, 6) is 1.10. The summed E-state index contributed by atoms with van der Waals surface area (Å²) in [4.78, 5) is 4.12. The second-order valence-electron chi connectivity index (χ2n) is 4.22. The van der Waals surface area contributed by atoms with Crippen molar-refractivity contribution < 1.29 is 72.6 Å². The molecule has 90 valence electrons. The minimum absolute atomic E-state index is 0. The Bertz CT molecular complexity index is 577. The van der Waals surface area contributed by atoms with Gasteiger partial charge in [-0.25, -0.2) is 6.07 Å². The number of aromatic nitrogens is 1. The van der Waals surface area contributed by atoms with Gasteiger partial charge in [0.1, 0.15) is 11.6 Å². The Morgan fingerprint density at radius 1 is 1.47 bits per heavy atom. The Balaban J connectivity index is 0.00000133. The molecule has 1 aliphatic heterocycles. The molecule has 0 fully saturated rings. The first-order chi connectivity index (χ1) is 8.72. The quantitative estimate of drug-likeness (QED) is 0.523. The zero-order valence-electron chi connectivity index (χ0n) is 10.9. The maximum Gasteiger partial charge on any atom is 1.00 e. The molecule has 0 saturated carbocycles. The predicted octanol–water partition coefficient (Wildman–Crippen LogP) is -1.80. The van der Waals surface area contributed by atoms with Crippen LogP contribution in [0.4, 0.5) is 0 Å². The van der Waals surface area contributed by atoms with Gasteiger partial charge in [0.05, 0.1) is 6.61 Å². The topological polar surface area (TPSA) is 51.6 Å². The van der Waals surface area contributed by atoms with E-state index in [4.69, 9.17) is 9.39 Å². The number of pyridine rings is 1. The fraction of sp³-hybridized carbons (Fsp3) is 0.154. The molecule has 0 spiro atoms. The number of rotatable bonds is 2. The normalized spacial score (nSPS) is 12.8. The van der Waals surface area contributed by atoms with Crippen LogP contribution in [-0.4, -0.2) is 17.1 Å². The van der Waals surface area contributed by atoms with E-state index in [1.165, 1.54) is 0 Å². The molecule has 0 bridgehead atoms. The van der Waals surface area contributed by atoms with Gasteiger partial charge in [0, 0.05) is 0 Å². The number of fused-ring (bicyclic) bond motifs is 1. The summed E-state index contributed by atoms with van der Waals surface area (Å²) in [6, 6.07) is 10.2. The van der Waals surface area contributed by atoms with Crippen molar-refractivity contribution >= 4 is 12.6 Å². The van der Waals surface area contributed by atoms with Crippen molar-refractivity contribution in [3.05, 3.63) is 47.7 Å². The Morgan fingerprint density at radius 3 is 3.05 bits per heavy atom. The fourth-order valence-corrected chi connectivity index (χ4v) is 1.85. The van der Waals surface area contributed by atoms with Crippen molar-refractivity contribution in [1.29, 1.82) is 0 Å². The van der Waals surface area contributed by atoms with Gasteiger partial charge in [0.25, 0.3) is 0 Å². The monoisotopic (exact) mass is 325 g/mol. The van der Waals surface area contributed by atoms with E-state index in [1.54, 1.807) is 18.3 Å². The van der Waals surface area contributed by atoms with Gasteiger partial charge in [0.15, 0.2) is 0 Å². The summed E-state index contributed by atoms with van der Waals surface area (Å²) in [6.45, 7) is 2.35. The number of hydrogen-bond donors (Lipinski definition) is 1. The summed E-state index contributed by atoms with van der Waals surface area (Å²) in [5.41, 5.74) is 2.77. The van der Waals surface area contributed by atoms with E-state index in [1.807, 2.05) is 19.1 Å². The standard InChI is InChI=1S/C13H11BNO3.Rb/c1-9-2-5-13(15-7-9)18-11-3-4-12-10(6-11)8-17-14(12)16;/h2-4,6-7,16H,8H2,1H3;/q-1;+1. The SMILES string of the molecule is Cc1c[c-]c(Oc2ccc3c(c2)COB3O)nc1.[Rb+]. The first-order valence-corrected chi connectivity index (χ1v) is 5.67. The van der Waals surface area contributed by atoms with Gasteiger partial charge in [-0.3, -0.25) is 4.98 Å². The average molecular weight is 326 g/mol. The van der Waals surface area contributed by atoms with Gasteiger partial charge in [0.2, 0.25) is 0 Å². The maximum absolute atomic E-state index is 9.51. The molecule has 1 aliphatic rings. The van der Waals surface area contributed by atoms with Crippen molar-refractivity contribution in [2.45, 2.75) is 13.5 Å². The number of benzene rings is 1. The third-order valence-electron chi connectivity index (χ3n) is 2.80. The van der Waals surface area contributed by atoms with E-state index in [2.05, 4.69) is 11.1 Å². The average Bonchev–Trinajstić information content (AvgIpc) is 2.74. The van der Waals surface area contributed by atoms with Gasteiger partial charge < -0.3 is 14.4 Å². The molecule has 1 aromatic heterocycles. The van der Waals surface area contributed by atoms with E-state index in [0.29, 0.717) is 18.2 Å². The Labute approximate surface area is 161 Å². The smallest absolute Gasteiger partial charge is 0.458 e. The number of aryl methyl sites for hydroxylation is 1. The van der Waals surface area contributed by atoms with Crippen LogP contribution in [0.1, 0.15) is 11.1 Å². The molecule has 6 heteroatoms. The second kappa shape index (κ2) is 6.61. The van der Waals surface area contributed by atoms with Crippen molar-refractivity contribution in [3.63, 3.8) is 0 Å². The summed E-state index contributed by atoms with van der Waals surface area (Å²) in [5, 5.41) is 9.51. The first kappa shape index (κ1) is 15.4. The molecule has 0 atom stereocenters. The summed E-state index contributed by atoms with van der Waals surface area (Å²) < 4.78 is 10.7. The van der Waals surface area contributed by atoms with Crippen LogP contribution in [0, 0.1) is 13.0 Å². The maximum atomic E-state index is 9.51. The third-order valence-corrected chi connectivity index (χ3v) is 2.80. The van der Waals surface area contributed by atoms with Crippen LogP contribution < -0.4 is 68.4 Å². The summed E-state index contributed by atoms with van der Waals surface area (Å²) in [6.07, 6.45) is 1.73. The van der Waals surface area contributed by atoms with Crippen LogP contribution in [0.3, 0.4) is 0 Å². The van der Waals surface area contributed by atoms with Gasteiger partial charge >= 0.3 is 65.3 Å². The molecule has 3 rings (SSSR count). The molecule has 1 aromatic carbocycles. The van der Waals surface area contributed by atoms with E-state index in [-0.39, 0.29) is 58.2 Å². The Morgan fingerprint density at radius 2 is 2.32 bits per heavy atom. The van der Waals surface area contributed by atoms with Gasteiger partial charge in [-0.2, -0.15) is 11.6 Å². The molecule has 2 aromatic rings. The minimum atomic E-state index is -0.821. The Hall–Kier alpha value is -0.0399. The van der Waals surface area contributed by atoms with E-state index >= 15 is 0 Å². The summed E-state index contributed by atoms with van der Waals surface area (Å²) >= 11 is 0. The molecule has 4 nitrogen and oxygen atoms in total. The van der Waals surface area contributed by atoms with E-state index < -0.39 is 7.12 Å². The minimum Gasteiger partial charge on any atom is -0.458 e. The molecule has 0 unspecified atom stereocenters. The first-order valence-electron chi connectivity index (χ1n) is 5.67. The van der Waals surface area contributed by atoms with E-state index in [9.17, 15) is 5.02 Å². The predicted molar refractivity (Wildman–Crippen MR) is 66.7 cm³/mol. The fourth-order valence-electron chi connectivity index (χ4n) is 1.85. The van der Waals surface area contributed by atoms with Gasteiger partial charge in [-0.05, 0) is 29.4 Å². The zero-order chi connectivity index (χ0) is 12.5. The van der Waals surface area contributed by atoms with E-state index in [0.717, 1.165) is 16.6 Å². The molecule has 1 N–H and O–H groups in total. The molecule has 0 saturated heterocycles. The van der Waals surface area contributed by atoms with Crippen molar-refractivity contribution in [3.8, 4) is 11.6 Å². The number of nitrogens with zero attached hydrogens (tertiary/aromatic N) is 1. The number of ether oxygens (including phenoxy) is 1. The molecule has 2 heterocycles. The molecule has 19 heavy (non-hydrogen) atoms. The van der Waals surface area contributed by atoms with Gasteiger partial charge in [-0.15, -0.1) is 6.92 Å². The van der Waals surface area contributed by atoms with Crippen molar-refractivity contribution in [2.24, 2.45) is 0 Å². The van der Waals surface area contributed by atoms with Gasteiger partial charge in [-0.1, -0.05) is 6.07 Å². The summed E-state index contributed by atoms with van der Waals surface area (Å²) in [7, 11) is -0.821. The molecule has 0 radical (unpaired) electrons. The molecule has 0 aliphatic carbocycles. The second-order valence-corrected chi connectivity index (χ2v) is 4.22. The number of hydrogen-bond acceptors (Lipinski definition) is 4. The van der Waals surface area contributed by atoms with Crippen LogP contribution in [0.25, 0.3) is 0 Å². The molecular weight excluding hydrogens is 314 g/mol. The Kier molecular flexibility index (Phi) is 5.34. The largest absolute Gasteiger partial charge is 1.00 e. The third kappa shape index (κ3) is 3.54. The van der Waals surface area contributed by atoms with Crippen LogP contribution in [-0.2, 0) is 11.3 Å². The molecule has 0 amide bonds.